The Morgan fingerprint density at radius 2 is 1.84 bits per heavy atom. The fraction of sp³-hybridized carbons (Fsp3) is 0.136. The van der Waals surface area contributed by atoms with E-state index in [1.807, 2.05) is 18.2 Å². The molecule has 3 aromatic heterocycles. The van der Waals surface area contributed by atoms with Gasteiger partial charge in [0.2, 0.25) is 0 Å². The quantitative estimate of drug-likeness (QED) is 0.429. The summed E-state index contributed by atoms with van der Waals surface area (Å²) in [4.78, 5) is 33.6. The second-order valence-corrected chi connectivity index (χ2v) is 6.84. The molecule has 0 bridgehead atoms. The van der Waals surface area contributed by atoms with Gasteiger partial charge in [-0.2, -0.15) is 5.10 Å². The van der Waals surface area contributed by atoms with Gasteiger partial charge in [0.25, 0.3) is 0 Å². The van der Waals surface area contributed by atoms with Gasteiger partial charge in [-0.1, -0.05) is 12.1 Å². The Hall–Kier alpha value is -4.01. The molecule has 0 saturated heterocycles. The van der Waals surface area contributed by atoms with Crippen LogP contribution in [0.3, 0.4) is 0 Å². The Kier molecular flexibility index (Phi) is 5.74. The van der Waals surface area contributed by atoms with Gasteiger partial charge in [0.15, 0.2) is 17.4 Å². The van der Waals surface area contributed by atoms with E-state index in [9.17, 15) is 18.4 Å². The molecule has 0 spiro atoms. The molecule has 0 aliphatic heterocycles. The molecular formula is C22H17F2N5O2. The number of nitrogens with zero attached hydrogens (tertiary/aromatic N) is 5. The smallest absolute Gasteiger partial charge is 0.294 e. The molecule has 0 radical (unpaired) electrons. The van der Waals surface area contributed by atoms with Gasteiger partial charge in [-0.05, 0) is 48.4 Å². The summed E-state index contributed by atoms with van der Waals surface area (Å²) in [6, 6.07) is 12.0. The van der Waals surface area contributed by atoms with Gasteiger partial charge in [-0.15, -0.1) is 0 Å². The zero-order valence-corrected chi connectivity index (χ0v) is 16.3. The van der Waals surface area contributed by atoms with Crippen molar-refractivity contribution in [1.82, 2.24) is 24.3 Å². The summed E-state index contributed by atoms with van der Waals surface area (Å²) < 4.78 is 28.8. The molecule has 0 N–H and O–H groups in total. The minimum atomic E-state index is -0.997. The first-order chi connectivity index (χ1) is 15.0. The lowest BCUT2D eigenvalue weighted by Crippen LogP contribution is -2.25. The standard InChI is InChI=1S/C22H17F2N5O2/c23-18-6-4-15(11-19(18)24)13-29-22(31)28(14-27-29)21-12-16(8-10-26-21)20(30)7-5-17-3-1-2-9-25-17/h1-4,6,8-12,14H,5,7,13H2. The Labute approximate surface area is 175 Å². The average molecular weight is 421 g/mol. The minimum Gasteiger partial charge on any atom is -0.294 e. The summed E-state index contributed by atoms with van der Waals surface area (Å²) in [6.45, 7) is -0.0360. The van der Waals surface area contributed by atoms with Gasteiger partial charge < -0.3 is 0 Å². The van der Waals surface area contributed by atoms with Crippen molar-refractivity contribution in [3.63, 3.8) is 0 Å². The number of carbonyl (C=O) groups is 1. The zero-order chi connectivity index (χ0) is 21.8. The van der Waals surface area contributed by atoms with Crippen LogP contribution in [0.15, 0.2) is 72.0 Å². The van der Waals surface area contributed by atoms with Crippen LogP contribution in [0.5, 0.6) is 0 Å². The SMILES string of the molecule is O=C(CCc1ccccn1)c1ccnc(-n2cnn(Cc3ccc(F)c(F)c3)c2=O)c1. The van der Waals surface area contributed by atoms with E-state index < -0.39 is 17.3 Å². The van der Waals surface area contributed by atoms with E-state index in [1.54, 1.807) is 12.3 Å². The number of ketones is 1. The molecule has 4 rings (SSSR count). The Balaban J connectivity index is 1.52. The predicted octanol–water partition coefficient (Wildman–Crippen LogP) is 2.97. The van der Waals surface area contributed by atoms with E-state index in [2.05, 4.69) is 15.1 Å². The Morgan fingerprint density at radius 1 is 0.968 bits per heavy atom. The lowest BCUT2D eigenvalue weighted by atomic mass is 10.1. The number of hydrogen-bond acceptors (Lipinski definition) is 5. The van der Waals surface area contributed by atoms with E-state index in [0.29, 0.717) is 17.5 Å². The maximum absolute atomic E-state index is 13.4. The number of aromatic nitrogens is 5. The van der Waals surface area contributed by atoms with E-state index in [-0.39, 0.29) is 24.6 Å². The molecule has 4 aromatic rings. The fourth-order valence-electron chi connectivity index (χ4n) is 3.07. The molecule has 7 nitrogen and oxygen atoms in total. The number of hydrogen-bond donors (Lipinski definition) is 0. The van der Waals surface area contributed by atoms with Crippen molar-refractivity contribution in [2.24, 2.45) is 0 Å². The summed E-state index contributed by atoms with van der Waals surface area (Å²) in [5.74, 6) is -1.82. The number of Topliss-reactive ketones (excluding diaryl/α,β-unsaturated/α-hetero) is 1. The van der Waals surface area contributed by atoms with Crippen LogP contribution < -0.4 is 5.69 Å². The molecule has 1 aromatic carbocycles. The molecule has 0 aliphatic carbocycles. The van der Waals surface area contributed by atoms with E-state index in [0.717, 1.165) is 22.5 Å². The number of halogens is 2. The largest absolute Gasteiger partial charge is 0.351 e. The van der Waals surface area contributed by atoms with E-state index >= 15 is 0 Å². The highest BCUT2D eigenvalue weighted by Gasteiger charge is 2.13. The summed E-state index contributed by atoms with van der Waals surface area (Å²) in [7, 11) is 0. The average Bonchev–Trinajstić information content (AvgIpc) is 3.15. The molecule has 0 fully saturated rings. The number of benzene rings is 1. The molecule has 0 aliphatic rings. The van der Waals surface area contributed by atoms with Gasteiger partial charge in [-0.25, -0.2) is 27.8 Å². The number of carbonyl (C=O) groups excluding carboxylic acids is 1. The molecule has 3 heterocycles. The van der Waals surface area contributed by atoms with Crippen molar-refractivity contribution >= 4 is 5.78 Å². The van der Waals surface area contributed by atoms with Crippen LogP contribution >= 0.6 is 0 Å². The first-order valence-electron chi connectivity index (χ1n) is 9.49. The number of rotatable bonds is 7. The van der Waals surface area contributed by atoms with Crippen molar-refractivity contribution in [3.8, 4) is 5.82 Å². The van der Waals surface area contributed by atoms with E-state index in [1.165, 1.54) is 29.2 Å². The van der Waals surface area contributed by atoms with Crippen LogP contribution in [0.2, 0.25) is 0 Å². The lowest BCUT2D eigenvalue weighted by Gasteiger charge is -2.04. The molecule has 0 amide bonds. The summed E-state index contributed by atoms with van der Waals surface area (Å²) in [6.07, 6.45) is 5.16. The second-order valence-electron chi connectivity index (χ2n) is 6.84. The monoisotopic (exact) mass is 421 g/mol. The first kappa shape index (κ1) is 20.3. The number of aryl methyl sites for hydroxylation is 1. The van der Waals surface area contributed by atoms with Crippen molar-refractivity contribution in [1.29, 1.82) is 0 Å². The van der Waals surface area contributed by atoms with Crippen molar-refractivity contribution in [2.45, 2.75) is 19.4 Å². The first-order valence-corrected chi connectivity index (χ1v) is 9.49. The van der Waals surface area contributed by atoms with Gasteiger partial charge in [0.1, 0.15) is 12.1 Å². The molecule has 0 atom stereocenters. The minimum absolute atomic E-state index is 0.0360. The highest BCUT2D eigenvalue weighted by molar-refractivity contribution is 5.96. The normalized spacial score (nSPS) is 10.9. The van der Waals surface area contributed by atoms with E-state index in [4.69, 9.17) is 0 Å². The maximum Gasteiger partial charge on any atom is 0.351 e. The Bertz CT molecular complexity index is 1280. The molecule has 0 unspecified atom stereocenters. The van der Waals surface area contributed by atoms with Gasteiger partial charge >= 0.3 is 5.69 Å². The summed E-state index contributed by atoms with van der Waals surface area (Å²) in [5.41, 5.74) is 1.11. The zero-order valence-electron chi connectivity index (χ0n) is 16.3. The second kappa shape index (κ2) is 8.78. The van der Waals surface area contributed by atoms with Crippen LogP contribution in [0, 0.1) is 11.6 Å². The Morgan fingerprint density at radius 3 is 2.61 bits per heavy atom. The molecule has 156 valence electrons. The third kappa shape index (κ3) is 4.61. The van der Waals surface area contributed by atoms with Gasteiger partial charge in [0, 0.05) is 30.1 Å². The number of pyridine rings is 2. The van der Waals surface area contributed by atoms with Gasteiger partial charge in [-0.3, -0.25) is 9.78 Å². The molecule has 31 heavy (non-hydrogen) atoms. The molecule has 9 heteroatoms. The lowest BCUT2D eigenvalue weighted by molar-refractivity contribution is 0.0982. The molecule has 0 saturated carbocycles. The fourth-order valence-corrected chi connectivity index (χ4v) is 3.07. The van der Waals surface area contributed by atoms with Crippen molar-refractivity contribution in [3.05, 3.63) is 106 Å². The maximum atomic E-state index is 13.4. The highest BCUT2D eigenvalue weighted by Crippen LogP contribution is 2.11. The topological polar surface area (TPSA) is 82.7 Å². The third-order valence-electron chi connectivity index (χ3n) is 4.70. The van der Waals surface area contributed by atoms with Gasteiger partial charge in [0.05, 0.1) is 6.54 Å². The van der Waals surface area contributed by atoms with Crippen molar-refractivity contribution < 1.29 is 13.6 Å². The van der Waals surface area contributed by atoms with Crippen LogP contribution in [0.4, 0.5) is 8.78 Å². The summed E-state index contributed by atoms with van der Waals surface area (Å²) >= 11 is 0. The van der Waals surface area contributed by atoms with Crippen LogP contribution in [0.25, 0.3) is 5.82 Å². The molecular weight excluding hydrogens is 404 g/mol. The van der Waals surface area contributed by atoms with Crippen LogP contribution in [-0.4, -0.2) is 30.1 Å². The predicted molar refractivity (Wildman–Crippen MR) is 108 cm³/mol. The van der Waals surface area contributed by atoms with Crippen molar-refractivity contribution in [2.75, 3.05) is 0 Å². The summed E-state index contributed by atoms with van der Waals surface area (Å²) in [5, 5.41) is 4.01. The highest BCUT2D eigenvalue weighted by atomic mass is 19.2. The third-order valence-corrected chi connectivity index (χ3v) is 4.70. The van der Waals surface area contributed by atoms with Crippen LogP contribution in [-0.2, 0) is 13.0 Å². The van der Waals surface area contributed by atoms with Crippen LogP contribution in [0.1, 0.15) is 28.0 Å².